The lowest BCUT2D eigenvalue weighted by atomic mass is 10.2. The maximum absolute atomic E-state index is 11.6. The summed E-state index contributed by atoms with van der Waals surface area (Å²) >= 11 is 0. The summed E-state index contributed by atoms with van der Waals surface area (Å²) in [5.74, 6) is -4.02. The Morgan fingerprint density at radius 3 is 2.32 bits per heavy atom. The van der Waals surface area contributed by atoms with E-state index in [0.29, 0.717) is 0 Å². The molecule has 11 heteroatoms. The zero-order chi connectivity index (χ0) is 18.4. The molecule has 1 aromatic heterocycles. The van der Waals surface area contributed by atoms with Crippen LogP contribution < -0.4 is 15.8 Å². The van der Waals surface area contributed by atoms with Crippen LogP contribution in [0.4, 0.5) is 11.6 Å². The van der Waals surface area contributed by atoms with Crippen LogP contribution >= 0.6 is 0 Å². The zero-order valence-electron chi connectivity index (χ0n) is 12.3. The molecule has 2 rings (SSSR count). The van der Waals surface area contributed by atoms with Crippen molar-refractivity contribution in [3.8, 4) is 0 Å². The molecule has 128 valence electrons. The predicted molar refractivity (Wildman–Crippen MR) is 80.5 cm³/mol. The van der Waals surface area contributed by atoms with Crippen molar-refractivity contribution >= 4 is 35.6 Å². The van der Waals surface area contributed by atoms with Crippen molar-refractivity contribution in [2.75, 3.05) is 5.32 Å². The van der Waals surface area contributed by atoms with Crippen LogP contribution in [0.25, 0.3) is 0 Å². The molecular formula is C14H9N4O7-. The number of rotatable bonds is 5. The number of nitrogens with zero attached hydrogens (tertiary/aromatic N) is 2. The van der Waals surface area contributed by atoms with Gasteiger partial charge in [0.15, 0.2) is 5.76 Å². The molecule has 0 saturated carbocycles. The maximum atomic E-state index is 11.6. The minimum Gasteiger partial charge on any atom is -0.545 e. The topological polar surface area (TPSA) is 167 Å². The Kier molecular flexibility index (Phi) is 5.20. The summed E-state index contributed by atoms with van der Waals surface area (Å²) in [6.45, 7) is 0. The Labute approximate surface area is 139 Å². The molecule has 0 radical (unpaired) electrons. The Balaban J connectivity index is 1.89. The number of nitro groups is 1. The van der Waals surface area contributed by atoms with Crippen molar-refractivity contribution in [3.05, 3.63) is 57.8 Å². The smallest absolute Gasteiger partial charge is 0.433 e. The van der Waals surface area contributed by atoms with E-state index in [2.05, 4.69) is 10.4 Å². The molecular weight excluding hydrogens is 336 g/mol. The van der Waals surface area contributed by atoms with E-state index in [9.17, 15) is 29.6 Å². The SMILES string of the molecule is O=C(N/N=C\c1ccc([N+](=O)[O-])o1)C(=O)Nc1ccc(C(=O)[O-])cc1. The predicted octanol–water partition coefficient (Wildman–Crippen LogP) is -0.360. The number of carbonyl (C=O) groups excluding carboxylic acids is 3. The molecule has 0 aliphatic heterocycles. The quantitative estimate of drug-likeness (QED) is 0.323. The van der Waals surface area contributed by atoms with Gasteiger partial charge in [-0.2, -0.15) is 5.10 Å². The Morgan fingerprint density at radius 1 is 1.08 bits per heavy atom. The number of carboxylic acid groups (broad SMARTS) is 1. The molecule has 0 saturated heterocycles. The van der Waals surface area contributed by atoms with Gasteiger partial charge in [-0.05, 0) is 23.8 Å². The first-order valence-electron chi connectivity index (χ1n) is 6.57. The number of aromatic carboxylic acids is 1. The standard InChI is InChI=1S/C14H10N4O7/c19-12(16-9-3-1-8(2-4-9)14(21)22)13(20)17-15-7-10-5-6-11(25-10)18(23)24/h1-7H,(H,16,19)(H,17,20)(H,21,22)/p-1/b15-7-. The van der Waals surface area contributed by atoms with E-state index >= 15 is 0 Å². The van der Waals surface area contributed by atoms with Gasteiger partial charge in [0.1, 0.15) is 4.92 Å². The highest BCUT2D eigenvalue weighted by Gasteiger charge is 2.13. The van der Waals surface area contributed by atoms with E-state index < -0.39 is 28.6 Å². The summed E-state index contributed by atoms with van der Waals surface area (Å²) < 4.78 is 4.76. The highest BCUT2D eigenvalue weighted by atomic mass is 16.6. The number of hydrazone groups is 1. The Morgan fingerprint density at radius 2 is 1.76 bits per heavy atom. The van der Waals surface area contributed by atoms with Gasteiger partial charge in [0.2, 0.25) is 0 Å². The summed E-state index contributed by atoms with van der Waals surface area (Å²) in [5.41, 5.74) is 2.01. The highest BCUT2D eigenvalue weighted by molar-refractivity contribution is 6.39. The second-order valence-corrected chi connectivity index (χ2v) is 4.45. The van der Waals surface area contributed by atoms with Crippen LogP contribution in [0.15, 0.2) is 45.9 Å². The lowest BCUT2D eigenvalue weighted by molar-refractivity contribution is -0.402. The normalized spacial score (nSPS) is 10.4. The number of hydrogen-bond donors (Lipinski definition) is 2. The van der Waals surface area contributed by atoms with E-state index in [4.69, 9.17) is 4.42 Å². The van der Waals surface area contributed by atoms with Crippen LogP contribution in [0.2, 0.25) is 0 Å². The molecule has 2 N–H and O–H groups in total. The molecule has 0 bridgehead atoms. The average Bonchev–Trinajstić information content (AvgIpc) is 3.04. The third-order valence-corrected chi connectivity index (χ3v) is 2.74. The first-order valence-corrected chi connectivity index (χ1v) is 6.57. The van der Waals surface area contributed by atoms with Crippen LogP contribution in [-0.2, 0) is 9.59 Å². The van der Waals surface area contributed by atoms with Gasteiger partial charge in [0, 0.05) is 5.69 Å². The lowest BCUT2D eigenvalue weighted by Gasteiger charge is -2.06. The molecule has 2 aromatic rings. The van der Waals surface area contributed by atoms with Gasteiger partial charge in [-0.1, -0.05) is 12.1 Å². The second-order valence-electron chi connectivity index (χ2n) is 4.45. The van der Waals surface area contributed by atoms with Crippen molar-refractivity contribution in [2.24, 2.45) is 5.10 Å². The Bertz CT molecular complexity index is 854. The van der Waals surface area contributed by atoms with Crippen molar-refractivity contribution in [1.29, 1.82) is 0 Å². The number of amides is 2. The van der Waals surface area contributed by atoms with Crippen LogP contribution in [0.3, 0.4) is 0 Å². The minimum atomic E-state index is -1.37. The van der Waals surface area contributed by atoms with Crippen molar-refractivity contribution in [1.82, 2.24) is 5.43 Å². The maximum Gasteiger partial charge on any atom is 0.433 e. The molecule has 0 atom stereocenters. The number of carbonyl (C=O) groups is 3. The summed E-state index contributed by atoms with van der Waals surface area (Å²) in [7, 11) is 0. The van der Waals surface area contributed by atoms with Gasteiger partial charge in [0.05, 0.1) is 18.3 Å². The van der Waals surface area contributed by atoms with Crippen LogP contribution in [0.1, 0.15) is 16.1 Å². The monoisotopic (exact) mass is 345 g/mol. The summed E-state index contributed by atoms with van der Waals surface area (Å²) in [4.78, 5) is 43.5. The number of furan rings is 1. The van der Waals surface area contributed by atoms with Crippen molar-refractivity contribution in [3.63, 3.8) is 0 Å². The van der Waals surface area contributed by atoms with E-state index in [1.807, 2.05) is 5.43 Å². The van der Waals surface area contributed by atoms with E-state index in [-0.39, 0.29) is 17.0 Å². The number of hydrogen-bond acceptors (Lipinski definition) is 8. The number of nitrogens with one attached hydrogen (secondary N) is 2. The third-order valence-electron chi connectivity index (χ3n) is 2.74. The fourth-order valence-electron chi connectivity index (χ4n) is 1.59. The van der Waals surface area contributed by atoms with E-state index in [0.717, 1.165) is 12.3 Å². The molecule has 1 aromatic carbocycles. The number of benzene rings is 1. The third kappa shape index (κ3) is 4.72. The van der Waals surface area contributed by atoms with Gasteiger partial charge >= 0.3 is 17.7 Å². The van der Waals surface area contributed by atoms with E-state index in [1.165, 1.54) is 30.3 Å². The van der Waals surface area contributed by atoms with Crippen LogP contribution in [-0.4, -0.2) is 28.9 Å². The summed E-state index contributed by atoms with van der Waals surface area (Å²) in [6, 6.07) is 7.32. The fraction of sp³-hybridized carbons (Fsp3) is 0. The van der Waals surface area contributed by atoms with Gasteiger partial charge < -0.3 is 19.6 Å². The zero-order valence-corrected chi connectivity index (χ0v) is 12.3. The largest absolute Gasteiger partial charge is 0.545 e. The van der Waals surface area contributed by atoms with Crippen LogP contribution in [0, 0.1) is 10.1 Å². The second kappa shape index (κ2) is 7.50. The van der Waals surface area contributed by atoms with Gasteiger partial charge in [0.25, 0.3) is 0 Å². The van der Waals surface area contributed by atoms with E-state index in [1.54, 1.807) is 0 Å². The first kappa shape index (κ1) is 17.3. The van der Waals surface area contributed by atoms with Crippen molar-refractivity contribution < 1.29 is 28.8 Å². The molecule has 2 amide bonds. The van der Waals surface area contributed by atoms with Gasteiger partial charge in [-0.25, -0.2) is 5.43 Å². The minimum absolute atomic E-state index is 0.00489. The molecule has 0 spiro atoms. The molecule has 11 nitrogen and oxygen atoms in total. The first-order chi connectivity index (χ1) is 11.9. The molecule has 0 unspecified atom stereocenters. The number of anilines is 1. The molecule has 1 heterocycles. The summed E-state index contributed by atoms with van der Waals surface area (Å²) in [5, 5.41) is 26.7. The van der Waals surface area contributed by atoms with Crippen molar-refractivity contribution in [2.45, 2.75) is 0 Å². The number of carboxylic acids is 1. The Hall–Kier alpha value is -4.02. The molecule has 0 aliphatic carbocycles. The lowest BCUT2D eigenvalue weighted by Crippen LogP contribution is -2.32. The van der Waals surface area contributed by atoms with Gasteiger partial charge in [-0.15, -0.1) is 0 Å². The van der Waals surface area contributed by atoms with Crippen LogP contribution in [0.5, 0.6) is 0 Å². The molecule has 0 aliphatic rings. The molecule has 0 fully saturated rings. The molecule has 25 heavy (non-hydrogen) atoms. The average molecular weight is 345 g/mol. The fourth-order valence-corrected chi connectivity index (χ4v) is 1.59. The van der Waals surface area contributed by atoms with Gasteiger partial charge in [-0.3, -0.25) is 19.7 Å². The summed E-state index contributed by atoms with van der Waals surface area (Å²) in [6.07, 6.45) is 0.979. The highest BCUT2D eigenvalue weighted by Crippen LogP contribution is 2.13.